The number of rotatable bonds is 4. The number of nitrogens with zero attached hydrogens (tertiary/aromatic N) is 3. The van der Waals surface area contributed by atoms with Gasteiger partial charge in [-0.2, -0.15) is 0 Å². The number of pyridine rings is 1. The van der Waals surface area contributed by atoms with E-state index < -0.39 is 11.2 Å². The number of carbonyl (C=O) groups is 1. The highest BCUT2D eigenvalue weighted by molar-refractivity contribution is 5.94. The van der Waals surface area contributed by atoms with Crippen molar-refractivity contribution >= 4 is 16.9 Å². The van der Waals surface area contributed by atoms with Crippen molar-refractivity contribution in [2.45, 2.75) is 18.3 Å². The van der Waals surface area contributed by atoms with Gasteiger partial charge in [-0.15, -0.1) is 0 Å². The molecule has 1 aromatic carbocycles. The smallest absolute Gasteiger partial charge is 0.332 e. The molecular weight excluding hydrogens is 428 g/mol. The van der Waals surface area contributed by atoms with Crippen LogP contribution in [0.3, 0.4) is 0 Å². The van der Waals surface area contributed by atoms with Crippen molar-refractivity contribution in [1.29, 1.82) is 0 Å². The number of ether oxygens (including phenoxy) is 3. The highest BCUT2D eigenvalue weighted by atomic mass is 16.7. The zero-order valence-electron chi connectivity index (χ0n) is 18.4. The van der Waals surface area contributed by atoms with Gasteiger partial charge in [0.25, 0.3) is 11.5 Å². The molecule has 2 aliphatic rings. The Morgan fingerprint density at radius 1 is 1.06 bits per heavy atom. The summed E-state index contributed by atoms with van der Waals surface area (Å²) in [5.74, 6) is 1.03. The van der Waals surface area contributed by atoms with Crippen molar-refractivity contribution < 1.29 is 19.0 Å². The first-order chi connectivity index (χ1) is 15.9. The van der Waals surface area contributed by atoms with Crippen molar-refractivity contribution in [1.82, 2.24) is 19.4 Å². The average Bonchev–Trinajstić information content (AvgIpc) is 3.33. The first-order valence-electron chi connectivity index (χ1n) is 10.7. The van der Waals surface area contributed by atoms with Crippen molar-refractivity contribution in [3.05, 3.63) is 62.4 Å². The molecule has 0 aliphatic carbocycles. The topological polar surface area (TPSA) is 114 Å². The summed E-state index contributed by atoms with van der Waals surface area (Å²) < 4.78 is 18.8. The zero-order valence-corrected chi connectivity index (χ0v) is 18.4. The van der Waals surface area contributed by atoms with Crippen LogP contribution < -0.4 is 26.0 Å². The van der Waals surface area contributed by atoms with E-state index in [0.717, 1.165) is 23.0 Å². The molecule has 10 heteroatoms. The third-order valence-electron chi connectivity index (χ3n) is 6.56. The van der Waals surface area contributed by atoms with E-state index in [9.17, 15) is 14.4 Å². The van der Waals surface area contributed by atoms with Crippen molar-refractivity contribution in [2.24, 2.45) is 14.1 Å². The van der Waals surface area contributed by atoms with E-state index in [1.807, 2.05) is 18.2 Å². The first kappa shape index (κ1) is 21.2. The van der Waals surface area contributed by atoms with Gasteiger partial charge in [-0.05, 0) is 42.7 Å². The molecular formula is C23H24N4O6. The molecule has 1 saturated heterocycles. The highest BCUT2D eigenvalue weighted by Gasteiger charge is 2.36. The fourth-order valence-corrected chi connectivity index (χ4v) is 4.48. The second kappa shape index (κ2) is 8.04. The molecule has 33 heavy (non-hydrogen) atoms. The molecule has 10 nitrogen and oxygen atoms in total. The van der Waals surface area contributed by atoms with Crippen LogP contribution in [-0.2, 0) is 24.2 Å². The van der Waals surface area contributed by atoms with E-state index in [4.69, 9.17) is 14.2 Å². The number of carbonyl (C=O) groups excluding carboxylic acids is 1. The summed E-state index contributed by atoms with van der Waals surface area (Å²) in [5.41, 5.74) is 0.0888. The lowest BCUT2D eigenvalue weighted by atomic mass is 9.74. The highest BCUT2D eigenvalue weighted by Crippen LogP contribution is 2.40. The summed E-state index contributed by atoms with van der Waals surface area (Å²) in [7, 11) is 2.93. The van der Waals surface area contributed by atoms with Crippen molar-refractivity contribution in [2.75, 3.05) is 26.6 Å². The van der Waals surface area contributed by atoms with Gasteiger partial charge in [0, 0.05) is 39.3 Å². The molecule has 0 spiro atoms. The molecule has 0 bridgehead atoms. The summed E-state index contributed by atoms with van der Waals surface area (Å²) in [6.45, 7) is 1.75. The van der Waals surface area contributed by atoms with Crippen LogP contribution in [0, 0.1) is 0 Å². The van der Waals surface area contributed by atoms with Gasteiger partial charge in [-0.1, -0.05) is 6.07 Å². The van der Waals surface area contributed by atoms with Gasteiger partial charge in [0.2, 0.25) is 6.79 Å². The fourth-order valence-electron chi connectivity index (χ4n) is 4.48. The number of aromatic nitrogens is 3. The molecule has 2 aliphatic heterocycles. The molecule has 4 heterocycles. The molecule has 1 amide bonds. The number of hydrogen-bond donors (Lipinski definition) is 1. The lowest BCUT2D eigenvalue weighted by Gasteiger charge is -2.38. The summed E-state index contributed by atoms with van der Waals surface area (Å²) in [6, 6.07) is 8.90. The predicted molar refractivity (Wildman–Crippen MR) is 119 cm³/mol. The Bertz CT molecular complexity index is 1370. The minimum atomic E-state index is -0.499. The average molecular weight is 452 g/mol. The van der Waals surface area contributed by atoms with Crippen LogP contribution in [-0.4, -0.2) is 46.6 Å². The van der Waals surface area contributed by atoms with Crippen molar-refractivity contribution in [3.8, 4) is 11.5 Å². The van der Waals surface area contributed by atoms with Gasteiger partial charge in [0.1, 0.15) is 11.3 Å². The number of nitrogens with one attached hydrogen (secondary N) is 1. The second-order valence-corrected chi connectivity index (χ2v) is 8.42. The van der Waals surface area contributed by atoms with Crippen LogP contribution in [0.4, 0.5) is 0 Å². The minimum absolute atomic E-state index is 0.138. The maximum absolute atomic E-state index is 13.0. The first-order valence-corrected chi connectivity index (χ1v) is 10.7. The van der Waals surface area contributed by atoms with Crippen LogP contribution in [0.1, 0.15) is 28.9 Å². The molecule has 1 N–H and O–H groups in total. The molecule has 0 saturated carbocycles. The van der Waals surface area contributed by atoms with Gasteiger partial charge in [0.05, 0.1) is 5.39 Å². The normalized spacial score (nSPS) is 16.7. The summed E-state index contributed by atoms with van der Waals surface area (Å²) >= 11 is 0. The summed E-state index contributed by atoms with van der Waals surface area (Å²) in [6.07, 6.45) is 1.48. The number of fused-ring (bicyclic) bond motifs is 2. The molecule has 172 valence electrons. The Morgan fingerprint density at radius 3 is 2.61 bits per heavy atom. The van der Waals surface area contributed by atoms with Gasteiger partial charge in [0.15, 0.2) is 11.5 Å². The van der Waals surface area contributed by atoms with Gasteiger partial charge < -0.3 is 19.5 Å². The lowest BCUT2D eigenvalue weighted by Crippen LogP contribution is -2.44. The van der Waals surface area contributed by atoms with Crippen LogP contribution >= 0.6 is 0 Å². The van der Waals surface area contributed by atoms with Crippen LogP contribution in [0.15, 0.2) is 39.9 Å². The monoisotopic (exact) mass is 452 g/mol. The zero-order chi connectivity index (χ0) is 23.2. The van der Waals surface area contributed by atoms with E-state index >= 15 is 0 Å². The number of aryl methyl sites for hydroxylation is 1. The Morgan fingerprint density at radius 2 is 1.82 bits per heavy atom. The Hall–Kier alpha value is -3.66. The maximum Gasteiger partial charge on any atom is 0.332 e. The third kappa shape index (κ3) is 3.56. The third-order valence-corrected chi connectivity index (χ3v) is 6.56. The Labute approximate surface area is 188 Å². The quantitative estimate of drug-likeness (QED) is 0.624. The van der Waals surface area contributed by atoms with Gasteiger partial charge in [-0.25, -0.2) is 9.78 Å². The lowest BCUT2D eigenvalue weighted by molar-refractivity contribution is 0.0486. The number of hydrogen-bond acceptors (Lipinski definition) is 7. The SMILES string of the molecule is Cn1c(=O)c2ccc(C(=O)NCC3(c4ccc5c(c4)OCO5)CCOCC3)nc2n(C)c1=O. The summed E-state index contributed by atoms with van der Waals surface area (Å²) in [5, 5.41) is 3.28. The van der Waals surface area contributed by atoms with Gasteiger partial charge >= 0.3 is 5.69 Å². The van der Waals surface area contributed by atoms with Crippen LogP contribution in [0.25, 0.3) is 11.0 Å². The molecule has 0 radical (unpaired) electrons. The van der Waals surface area contributed by atoms with Gasteiger partial charge in [-0.3, -0.25) is 18.7 Å². The predicted octanol–water partition coefficient (Wildman–Crippen LogP) is 0.839. The molecule has 2 aromatic heterocycles. The van der Waals surface area contributed by atoms with E-state index in [1.165, 1.54) is 30.8 Å². The van der Waals surface area contributed by atoms with Crippen LogP contribution in [0.5, 0.6) is 11.5 Å². The molecule has 0 atom stereocenters. The molecule has 1 fully saturated rings. The van der Waals surface area contributed by atoms with E-state index in [1.54, 1.807) is 0 Å². The fraction of sp³-hybridized carbons (Fsp3) is 0.391. The number of amides is 1. The maximum atomic E-state index is 13.0. The molecule has 5 rings (SSSR count). The Balaban J connectivity index is 1.43. The summed E-state index contributed by atoms with van der Waals surface area (Å²) in [4.78, 5) is 42.0. The van der Waals surface area contributed by atoms with E-state index in [2.05, 4.69) is 10.3 Å². The van der Waals surface area contributed by atoms with E-state index in [0.29, 0.717) is 31.3 Å². The second-order valence-electron chi connectivity index (χ2n) is 8.42. The largest absolute Gasteiger partial charge is 0.454 e. The number of benzene rings is 1. The Kier molecular flexibility index (Phi) is 5.16. The van der Waals surface area contributed by atoms with Crippen molar-refractivity contribution in [3.63, 3.8) is 0 Å². The molecule has 3 aromatic rings. The van der Waals surface area contributed by atoms with E-state index in [-0.39, 0.29) is 34.8 Å². The molecule has 0 unspecified atom stereocenters. The standard InChI is InChI=1S/C23H24N4O6/c1-26-19-15(21(29)27(2)22(26)30)4-5-16(25-19)20(28)24-12-23(7-9-31-10-8-23)14-3-6-17-18(11-14)33-13-32-17/h3-6,11H,7-10,12-13H2,1-2H3,(H,24,28). The minimum Gasteiger partial charge on any atom is -0.454 e. The van der Waals surface area contributed by atoms with Crippen LogP contribution in [0.2, 0.25) is 0 Å².